The third kappa shape index (κ3) is 3.05. The number of rotatable bonds is 5. The van der Waals surface area contributed by atoms with Crippen molar-refractivity contribution in [2.24, 2.45) is 11.6 Å². The monoisotopic (exact) mass is 346 g/mol. The van der Waals surface area contributed by atoms with E-state index in [1.54, 1.807) is 29.1 Å². The summed E-state index contributed by atoms with van der Waals surface area (Å²) in [4.78, 5) is 10.7. The Labute approximate surface area is 141 Å². The number of nitrogens with one attached hydrogen (secondary N) is 1. The quantitative estimate of drug-likeness (QED) is 0.411. The van der Waals surface area contributed by atoms with Crippen molar-refractivity contribution in [3.8, 4) is 11.1 Å². The Kier molecular flexibility index (Phi) is 4.15. The number of hydrazine groups is 1. The van der Waals surface area contributed by atoms with Crippen LogP contribution in [0.25, 0.3) is 27.9 Å². The third-order valence-corrected chi connectivity index (χ3v) is 3.71. The first-order chi connectivity index (χ1) is 11.5. The summed E-state index contributed by atoms with van der Waals surface area (Å²) in [6.45, 7) is -0.366. The zero-order chi connectivity index (χ0) is 17.3. The lowest BCUT2D eigenvalue weighted by Crippen LogP contribution is -2.32. The average molecular weight is 347 g/mol. The molecular weight excluding hydrogens is 332 g/mol. The number of hydrogen-bond donors (Lipinski definition) is 4. The summed E-state index contributed by atoms with van der Waals surface area (Å²) < 4.78 is 1.70. The van der Waals surface area contributed by atoms with Gasteiger partial charge in [0.15, 0.2) is 0 Å². The first-order valence-corrected chi connectivity index (χ1v) is 7.34. The molecular formula is C15H15ClN6O2. The highest BCUT2D eigenvalue weighted by Crippen LogP contribution is 2.32. The van der Waals surface area contributed by atoms with Crippen LogP contribution in [0.2, 0.25) is 5.02 Å². The molecule has 0 saturated heterocycles. The van der Waals surface area contributed by atoms with Gasteiger partial charge in [0.05, 0.1) is 17.9 Å². The number of fused-ring (bicyclic) bond motifs is 1. The summed E-state index contributed by atoms with van der Waals surface area (Å²) in [5, 5.41) is 18.0. The maximum atomic E-state index is 10.7. The highest BCUT2D eigenvalue weighted by molar-refractivity contribution is 6.31. The van der Waals surface area contributed by atoms with E-state index < -0.39 is 5.97 Å². The minimum Gasteiger partial charge on any atom is -0.480 e. The molecule has 0 aliphatic heterocycles. The van der Waals surface area contributed by atoms with Gasteiger partial charge in [-0.1, -0.05) is 17.7 Å². The van der Waals surface area contributed by atoms with E-state index in [0.29, 0.717) is 5.02 Å². The van der Waals surface area contributed by atoms with Crippen molar-refractivity contribution >= 4 is 34.3 Å². The van der Waals surface area contributed by atoms with Crippen molar-refractivity contribution in [3.05, 3.63) is 48.0 Å². The molecule has 3 rings (SSSR count). The van der Waals surface area contributed by atoms with Crippen LogP contribution in [0.15, 0.2) is 43.0 Å². The normalized spacial score (nSPS) is 11.8. The van der Waals surface area contributed by atoms with Crippen LogP contribution in [0.5, 0.6) is 0 Å². The zero-order valence-electron chi connectivity index (χ0n) is 12.5. The van der Waals surface area contributed by atoms with Crippen molar-refractivity contribution in [1.29, 1.82) is 0 Å². The van der Waals surface area contributed by atoms with E-state index in [9.17, 15) is 4.79 Å². The Balaban J connectivity index is 2.12. The molecule has 2 heterocycles. The van der Waals surface area contributed by atoms with Crippen molar-refractivity contribution in [1.82, 2.24) is 19.8 Å². The number of carbonyl (C=O) groups is 1. The predicted octanol–water partition coefficient (Wildman–Crippen LogP) is 1.66. The molecule has 3 aromatic rings. The molecule has 0 radical (unpaired) electrons. The maximum Gasteiger partial charge on any atom is 0.324 e. The number of aromatic amines is 1. The Bertz CT molecular complexity index is 916. The largest absolute Gasteiger partial charge is 0.480 e. The minimum atomic E-state index is -1.05. The highest BCUT2D eigenvalue weighted by Gasteiger charge is 2.13. The van der Waals surface area contributed by atoms with E-state index in [-0.39, 0.29) is 12.4 Å². The summed E-state index contributed by atoms with van der Waals surface area (Å²) in [6, 6.07) is 5.46. The van der Waals surface area contributed by atoms with Gasteiger partial charge in [-0.05, 0) is 12.1 Å². The summed E-state index contributed by atoms with van der Waals surface area (Å²) in [5.74, 6) is 4.84. The van der Waals surface area contributed by atoms with Gasteiger partial charge in [-0.25, -0.2) is 5.84 Å². The molecule has 0 bridgehead atoms. The van der Waals surface area contributed by atoms with E-state index >= 15 is 0 Å². The van der Waals surface area contributed by atoms with Gasteiger partial charge in [0.2, 0.25) is 0 Å². The summed E-state index contributed by atoms with van der Waals surface area (Å²) >= 11 is 6.10. The van der Waals surface area contributed by atoms with Gasteiger partial charge in [-0.15, -0.1) is 0 Å². The van der Waals surface area contributed by atoms with Gasteiger partial charge in [-0.3, -0.25) is 9.89 Å². The van der Waals surface area contributed by atoms with Crippen LogP contribution in [0.1, 0.15) is 0 Å². The fraction of sp³-hybridized carbons (Fsp3) is 0.0667. The second-order valence-electron chi connectivity index (χ2n) is 5.18. The molecule has 8 nitrogen and oxygen atoms in total. The number of benzene rings is 1. The van der Waals surface area contributed by atoms with E-state index in [2.05, 4.69) is 10.2 Å². The standard InChI is InChI=1S/C15H15ClN6O2/c16-10-1-2-11-12(9-4-19-20-5-9)6-22(13(11)3-10)14(17)7-21(18)8-15(23)24/h1-7H,8,17-18H2,(H,19,20)(H,23,24)/b14-7+. The van der Waals surface area contributed by atoms with Gasteiger partial charge < -0.3 is 20.4 Å². The summed E-state index contributed by atoms with van der Waals surface area (Å²) in [5.41, 5.74) is 8.68. The Morgan fingerprint density at radius 1 is 1.50 bits per heavy atom. The molecule has 9 heteroatoms. The fourth-order valence-electron chi connectivity index (χ4n) is 2.48. The minimum absolute atomic E-state index is 0.265. The number of H-pyrrole nitrogens is 1. The van der Waals surface area contributed by atoms with Crippen LogP contribution in [-0.2, 0) is 4.79 Å². The summed E-state index contributed by atoms with van der Waals surface area (Å²) in [6.07, 6.45) is 6.65. The number of carboxylic acids is 1. The first kappa shape index (κ1) is 15.9. The molecule has 1 aromatic carbocycles. The molecule has 6 N–H and O–H groups in total. The van der Waals surface area contributed by atoms with Crippen LogP contribution in [0.3, 0.4) is 0 Å². The molecule has 0 aliphatic carbocycles. The number of carboxylic acid groups (broad SMARTS) is 1. The Morgan fingerprint density at radius 3 is 2.96 bits per heavy atom. The molecule has 0 amide bonds. The molecule has 0 unspecified atom stereocenters. The SMILES string of the molecule is N/C(=C\N(N)CC(=O)O)n1cc(-c2cn[nH]c2)c2ccc(Cl)cc21. The van der Waals surface area contributed by atoms with Crippen LogP contribution in [0, 0.1) is 0 Å². The first-order valence-electron chi connectivity index (χ1n) is 6.96. The zero-order valence-corrected chi connectivity index (χ0v) is 13.2. The molecule has 24 heavy (non-hydrogen) atoms. The topological polar surface area (TPSA) is 126 Å². The van der Waals surface area contributed by atoms with Crippen LogP contribution < -0.4 is 11.6 Å². The molecule has 124 valence electrons. The lowest BCUT2D eigenvalue weighted by molar-refractivity contribution is -0.137. The van der Waals surface area contributed by atoms with Gasteiger partial charge >= 0.3 is 5.97 Å². The predicted molar refractivity (Wildman–Crippen MR) is 91.5 cm³/mol. The molecule has 0 atom stereocenters. The second-order valence-corrected chi connectivity index (χ2v) is 5.62. The second kappa shape index (κ2) is 6.26. The van der Waals surface area contributed by atoms with Crippen molar-refractivity contribution in [2.45, 2.75) is 0 Å². The van der Waals surface area contributed by atoms with Gasteiger partial charge in [0, 0.05) is 33.9 Å². The van der Waals surface area contributed by atoms with Crippen LogP contribution in [0.4, 0.5) is 0 Å². The van der Waals surface area contributed by atoms with Crippen LogP contribution in [-0.4, -0.2) is 37.4 Å². The highest BCUT2D eigenvalue weighted by atomic mass is 35.5. The van der Waals surface area contributed by atoms with E-state index in [1.807, 2.05) is 12.3 Å². The smallest absolute Gasteiger partial charge is 0.324 e. The number of nitrogens with zero attached hydrogens (tertiary/aromatic N) is 3. The summed E-state index contributed by atoms with van der Waals surface area (Å²) in [7, 11) is 0. The third-order valence-electron chi connectivity index (χ3n) is 3.47. The molecule has 2 aromatic heterocycles. The number of aliphatic carboxylic acids is 1. The van der Waals surface area contributed by atoms with Crippen molar-refractivity contribution < 1.29 is 9.90 Å². The van der Waals surface area contributed by atoms with E-state index in [0.717, 1.165) is 27.0 Å². The lowest BCUT2D eigenvalue weighted by atomic mass is 10.1. The number of hydrogen-bond acceptors (Lipinski definition) is 5. The molecule has 0 spiro atoms. The van der Waals surface area contributed by atoms with Gasteiger partial charge in [0.1, 0.15) is 12.4 Å². The van der Waals surface area contributed by atoms with Gasteiger partial charge in [0.25, 0.3) is 0 Å². The number of aromatic nitrogens is 3. The maximum absolute atomic E-state index is 10.7. The van der Waals surface area contributed by atoms with Crippen molar-refractivity contribution in [3.63, 3.8) is 0 Å². The number of nitrogens with two attached hydrogens (primary N) is 2. The molecule has 0 fully saturated rings. The van der Waals surface area contributed by atoms with E-state index in [4.69, 9.17) is 28.3 Å². The Morgan fingerprint density at radius 2 is 2.29 bits per heavy atom. The lowest BCUT2D eigenvalue weighted by Gasteiger charge is -2.13. The fourth-order valence-corrected chi connectivity index (χ4v) is 2.64. The average Bonchev–Trinajstić information content (AvgIpc) is 3.12. The Hall–Kier alpha value is -2.97. The molecule has 0 saturated carbocycles. The molecule has 0 aliphatic rings. The van der Waals surface area contributed by atoms with Crippen LogP contribution >= 0.6 is 11.6 Å². The number of halogens is 1. The van der Waals surface area contributed by atoms with Crippen molar-refractivity contribution in [2.75, 3.05) is 6.54 Å². The van der Waals surface area contributed by atoms with E-state index in [1.165, 1.54) is 6.20 Å². The van der Waals surface area contributed by atoms with Gasteiger partial charge in [-0.2, -0.15) is 5.10 Å².